The molecule has 1 saturated carbocycles. The van der Waals surface area contributed by atoms with Gasteiger partial charge in [-0.3, -0.25) is 9.25 Å². The van der Waals surface area contributed by atoms with Gasteiger partial charge in [0.25, 0.3) is 0 Å². The maximum Gasteiger partial charge on any atom is 0.179 e. The molecule has 0 radical (unpaired) electrons. The third kappa shape index (κ3) is 2.22. The van der Waals surface area contributed by atoms with E-state index in [1.54, 1.807) is 0 Å². The van der Waals surface area contributed by atoms with Crippen LogP contribution in [0.25, 0.3) is 11.2 Å². The van der Waals surface area contributed by atoms with E-state index >= 15 is 0 Å². The molecule has 0 atom stereocenters. The zero-order valence-electron chi connectivity index (χ0n) is 12.3. The van der Waals surface area contributed by atoms with Gasteiger partial charge in [-0.15, -0.1) is 0 Å². The molecule has 2 aromatic rings. The standard InChI is InChI=1S/C14H22N4S2/c1-4-11-12-13(17(2)16-11)18(14(19)15-12)9-5-7-10(20-3)8-6-9/h9-10H,4-8H2,1-3H3,(H,15,19). The monoisotopic (exact) mass is 310 g/mol. The maximum absolute atomic E-state index is 5.57. The SMILES string of the molecule is CCc1nn(C)c2c1[nH]c(=S)n2C1CCC(SC)CC1. The van der Waals surface area contributed by atoms with Crippen molar-refractivity contribution in [1.29, 1.82) is 0 Å². The summed E-state index contributed by atoms with van der Waals surface area (Å²) in [4.78, 5) is 3.38. The Labute approximate surface area is 128 Å². The van der Waals surface area contributed by atoms with Crippen LogP contribution in [0.15, 0.2) is 0 Å². The number of aromatic amines is 1. The summed E-state index contributed by atoms with van der Waals surface area (Å²) in [5, 5.41) is 5.44. The number of imidazole rings is 1. The molecular formula is C14H22N4S2. The predicted octanol–water partition coefficient (Wildman–Crippen LogP) is 3.84. The molecule has 0 bridgehead atoms. The van der Waals surface area contributed by atoms with Crippen molar-refractivity contribution < 1.29 is 0 Å². The number of aryl methyl sites for hydroxylation is 2. The number of thioether (sulfide) groups is 1. The summed E-state index contributed by atoms with van der Waals surface area (Å²) in [6, 6.07) is 0.528. The van der Waals surface area contributed by atoms with Crippen molar-refractivity contribution >= 4 is 35.1 Å². The number of hydrogen-bond acceptors (Lipinski definition) is 3. The summed E-state index contributed by atoms with van der Waals surface area (Å²) in [6.45, 7) is 2.14. The number of hydrogen-bond donors (Lipinski definition) is 1. The fourth-order valence-corrected chi connectivity index (χ4v) is 4.44. The van der Waals surface area contributed by atoms with E-state index in [1.807, 2.05) is 23.5 Å². The molecule has 1 aliphatic carbocycles. The van der Waals surface area contributed by atoms with Crippen molar-refractivity contribution in [1.82, 2.24) is 19.3 Å². The Balaban J connectivity index is 2.01. The number of rotatable bonds is 3. The van der Waals surface area contributed by atoms with E-state index in [2.05, 4.69) is 27.8 Å². The molecule has 4 nitrogen and oxygen atoms in total. The first-order chi connectivity index (χ1) is 9.65. The lowest BCUT2D eigenvalue weighted by Gasteiger charge is -2.28. The van der Waals surface area contributed by atoms with E-state index in [-0.39, 0.29) is 0 Å². The minimum absolute atomic E-state index is 0.528. The van der Waals surface area contributed by atoms with Crippen LogP contribution in [0.2, 0.25) is 0 Å². The van der Waals surface area contributed by atoms with E-state index in [4.69, 9.17) is 12.2 Å². The van der Waals surface area contributed by atoms with Gasteiger partial charge in [-0.2, -0.15) is 16.9 Å². The highest BCUT2D eigenvalue weighted by atomic mass is 32.2. The highest BCUT2D eigenvalue weighted by Crippen LogP contribution is 2.35. The number of H-pyrrole nitrogens is 1. The molecule has 1 aliphatic rings. The molecule has 0 aromatic carbocycles. The van der Waals surface area contributed by atoms with Crippen molar-refractivity contribution in [2.24, 2.45) is 7.05 Å². The third-order valence-corrected chi connectivity index (χ3v) is 5.88. The molecular weight excluding hydrogens is 288 g/mol. The molecule has 6 heteroatoms. The highest BCUT2D eigenvalue weighted by molar-refractivity contribution is 7.99. The summed E-state index contributed by atoms with van der Waals surface area (Å²) in [5.74, 6) is 0. The fourth-order valence-electron chi connectivity index (χ4n) is 3.36. The Morgan fingerprint density at radius 2 is 2.05 bits per heavy atom. The van der Waals surface area contributed by atoms with Gasteiger partial charge >= 0.3 is 0 Å². The molecule has 20 heavy (non-hydrogen) atoms. The lowest BCUT2D eigenvalue weighted by Crippen LogP contribution is -2.20. The van der Waals surface area contributed by atoms with Crippen LogP contribution in [0.4, 0.5) is 0 Å². The van der Waals surface area contributed by atoms with E-state index in [0.29, 0.717) is 6.04 Å². The van der Waals surface area contributed by atoms with E-state index in [9.17, 15) is 0 Å². The maximum atomic E-state index is 5.57. The molecule has 0 unspecified atom stereocenters. The fraction of sp³-hybridized carbons (Fsp3) is 0.714. The minimum atomic E-state index is 0.528. The van der Waals surface area contributed by atoms with Crippen molar-refractivity contribution in [2.45, 2.75) is 50.3 Å². The largest absolute Gasteiger partial charge is 0.328 e. The third-order valence-electron chi connectivity index (χ3n) is 4.45. The van der Waals surface area contributed by atoms with Crippen molar-refractivity contribution in [3.8, 4) is 0 Å². The molecule has 2 heterocycles. The first kappa shape index (κ1) is 14.2. The quantitative estimate of drug-likeness (QED) is 0.875. The van der Waals surface area contributed by atoms with Gasteiger partial charge in [0.1, 0.15) is 5.52 Å². The van der Waals surface area contributed by atoms with Crippen LogP contribution in [0.3, 0.4) is 0 Å². The topological polar surface area (TPSA) is 38.5 Å². The summed E-state index contributed by atoms with van der Waals surface area (Å²) >= 11 is 7.58. The van der Waals surface area contributed by atoms with Crippen LogP contribution in [0.1, 0.15) is 44.3 Å². The van der Waals surface area contributed by atoms with Crippen LogP contribution in [-0.2, 0) is 13.5 Å². The van der Waals surface area contributed by atoms with Gasteiger partial charge in [0.05, 0.1) is 5.69 Å². The first-order valence-corrected chi connectivity index (χ1v) is 9.04. The average Bonchev–Trinajstić information content (AvgIpc) is 2.96. The average molecular weight is 310 g/mol. The second kappa shape index (κ2) is 5.56. The zero-order valence-corrected chi connectivity index (χ0v) is 14.0. The Morgan fingerprint density at radius 3 is 2.65 bits per heavy atom. The Bertz CT molecular complexity index is 659. The first-order valence-electron chi connectivity index (χ1n) is 7.34. The summed E-state index contributed by atoms with van der Waals surface area (Å²) in [5.41, 5.74) is 3.41. The number of fused-ring (bicyclic) bond motifs is 1. The number of nitrogens with one attached hydrogen (secondary N) is 1. The van der Waals surface area contributed by atoms with E-state index < -0.39 is 0 Å². The van der Waals surface area contributed by atoms with Crippen LogP contribution in [-0.4, -0.2) is 30.8 Å². The van der Waals surface area contributed by atoms with Crippen LogP contribution >= 0.6 is 24.0 Å². The molecule has 1 fully saturated rings. The molecule has 0 spiro atoms. The van der Waals surface area contributed by atoms with Gasteiger partial charge in [-0.05, 0) is 50.6 Å². The van der Waals surface area contributed by atoms with Crippen molar-refractivity contribution in [3.05, 3.63) is 10.5 Å². The summed E-state index contributed by atoms with van der Waals surface area (Å²) in [6.07, 6.45) is 8.18. The molecule has 0 aliphatic heterocycles. The second-order valence-electron chi connectivity index (χ2n) is 5.59. The zero-order chi connectivity index (χ0) is 14.3. The van der Waals surface area contributed by atoms with E-state index in [1.165, 1.54) is 31.3 Å². The minimum Gasteiger partial charge on any atom is -0.328 e. The van der Waals surface area contributed by atoms with Crippen molar-refractivity contribution in [2.75, 3.05) is 6.26 Å². The highest BCUT2D eigenvalue weighted by Gasteiger charge is 2.25. The molecule has 110 valence electrons. The van der Waals surface area contributed by atoms with Crippen LogP contribution in [0.5, 0.6) is 0 Å². The van der Waals surface area contributed by atoms with Crippen molar-refractivity contribution in [3.63, 3.8) is 0 Å². The van der Waals surface area contributed by atoms with Crippen LogP contribution < -0.4 is 0 Å². The summed E-state index contributed by atoms with van der Waals surface area (Å²) < 4.78 is 5.16. The lowest BCUT2D eigenvalue weighted by atomic mass is 9.95. The second-order valence-corrected chi connectivity index (χ2v) is 7.11. The predicted molar refractivity (Wildman–Crippen MR) is 88.1 cm³/mol. The lowest BCUT2D eigenvalue weighted by molar-refractivity contribution is 0.360. The normalized spacial score (nSPS) is 23.6. The van der Waals surface area contributed by atoms with Gasteiger partial charge in [-0.1, -0.05) is 6.92 Å². The Kier molecular flexibility index (Phi) is 3.95. The molecule has 2 aromatic heterocycles. The molecule has 0 amide bonds. The van der Waals surface area contributed by atoms with Gasteiger partial charge < -0.3 is 4.98 Å². The Morgan fingerprint density at radius 1 is 1.35 bits per heavy atom. The van der Waals surface area contributed by atoms with E-state index in [0.717, 1.165) is 27.7 Å². The molecule has 0 saturated heterocycles. The molecule has 3 rings (SSSR count). The molecule has 1 N–H and O–H groups in total. The summed E-state index contributed by atoms with van der Waals surface area (Å²) in [7, 11) is 2.02. The smallest absolute Gasteiger partial charge is 0.179 e. The van der Waals surface area contributed by atoms with Crippen LogP contribution in [0, 0.1) is 4.77 Å². The Hall–Kier alpha value is -0.750. The number of nitrogens with zero attached hydrogens (tertiary/aromatic N) is 3. The van der Waals surface area contributed by atoms with Gasteiger partial charge in [0.2, 0.25) is 0 Å². The van der Waals surface area contributed by atoms with Gasteiger partial charge in [-0.25, -0.2) is 0 Å². The van der Waals surface area contributed by atoms with Gasteiger partial charge in [0, 0.05) is 18.3 Å². The number of aromatic nitrogens is 4. The van der Waals surface area contributed by atoms with Gasteiger partial charge in [0.15, 0.2) is 10.4 Å².